The number of benzene rings is 2. The van der Waals surface area contributed by atoms with Gasteiger partial charge in [0, 0.05) is 0 Å². The standard InChI is InChI=1S/C25H28F2O3/c1-6-15-13-16(17-10-12-19(26)20(27)14-17)9-11-18(15)21-22(28)24(4,7-2)30-25(5,8-3)23(21)29/h9-14,21H,6-8H2,1-5H3. The molecule has 2 atom stereocenters. The van der Waals surface area contributed by atoms with Crippen LogP contribution in [-0.2, 0) is 20.7 Å². The van der Waals surface area contributed by atoms with E-state index in [4.69, 9.17) is 4.74 Å². The van der Waals surface area contributed by atoms with Crippen molar-refractivity contribution in [1.82, 2.24) is 0 Å². The molecule has 2 unspecified atom stereocenters. The Balaban J connectivity index is 2.12. The number of hydrogen-bond acceptors (Lipinski definition) is 3. The molecular formula is C25H28F2O3. The van der Waals surface area contributed by atoms with Gasteiger partial charge in [0.05, 0.1) is 0 Å². The highest BCUT2D eigenvalue weighted by atomic mass is 19.2. The van der Waals surface area contributed by atoms with Crippen LogP contribution in [0.25, 0.3) is 11.1 Å². The van der Waals surface area contributed by atoms with Gasteiger partial charge in [-0.05, 0) is 67.5 Å². The Bertz CT molecular complexity index is 972. The number of halogens is 2. The smallest absolute Gasteiger partial charge is 0.179 e. The van der Waals surface area contributed by atoms with Crippen LogP contribution in [0.15, 0.2) is 36.4 Å². The molecule has 2 aromatic carbocycles. The van der Waals surface area contributed by atoms with Crippen LogP contribution in [0.5, 0.6) is 0 Å². The molecule has 0 aromatic heterocycles. The quantitative estimate of drug-likeness (QED) is 0.582. The van der Waals surface area contributed by atoms with Crippen molar-refractivity contribution >= 4 is 11.6 Å². The fraction of sp³-hybridized carbons (Fsp3) is 0.440. The van der Waals surface area contributed by atoms with Gasteiger partial charge in [0.15, 0.2) is 23.2 Å². The lowest BCUT2D eigenvalue weighted by Gasteiger charge is -2.45. The summed E-state index contributed by atoms with van der Waals surface area (Å²) in [5.41, 5.74) is 0.680. The second-order valence-corrected chi connectivity index (χ2v) is 8.33. The van der Waals surface area contributed by atoms with Gasteiger partial charge >= 0.3 is 0 Å². The van der Waals surface area contributed by atoms with Gasteiger partial charge in [-0.2, -0.15) is 0 Å². The van der Waals surface area contributed by atoms with Gasteiger partial charge < -0.3 is 4.74 Å². The van der Waals surface area contributed by atoms with Crippen molar-refractivity contribution in [2.24, 2.45) is 0 Å². The molecule has 5 heteroatoms. The summed E-state index contributed by atoms with van der Waals surface area (Å²) >= 11 is 0. The first-order valence-corrected chi connectivity index (χ1v) is 10.5. The lowest BCUT2D eigenvalue weighted by molar-refractivity contribution is -0.192. The maximum atomic E-state index is 13.7. The number of rotatable bonds is 5. The third-order valence-corrected chi connectivity index (χ3v) is 6.45. The molecule has 3 rings (SSSR count). The van der Waals surface area contributed by atoms with Crippen LogP contribution in [0.4, 0.5) is 8.78 Å². The molecule has 1 aliphatic rings. The third kappa shape index (κ3) is 3.60. The van der Waals surface area contributed by atoms with E-state index < -0.39 is 28.8 Å². The Hall–Kier alpha value is -2.40. The van der Waals surface area contributed by atoms with Crippen LogP contribution in [-0.4, -0.2) is 22.8 Å². The molecule has 0 saturated carbocycles. The zero-order valence-corrected chi connectivity index (χ0v) is 18.1. The monoisotopic (exact) mass is 414 g/mol. The minimum atomic E-state index is -1.03. The predicted octanol–water partition coefficient (Wildman–Crippen LogP) is 5.78. The van der Waals surface area contributed by atoms with Gasteiger partial charge in [-0.1, -0.05) is 45.0 Å². The lowest BCUT2D eigenvalue weighted by Crippen LogP contribution is -2.60. The summed E-state index contributed by atoms with van der Waals surface area (Å²) in [6.45, 7) is 9.22. The third-order valence-electron chi connectivity index (χ3n) is 6.45. The molecule has 0 spiro atoms. The Morgan fingerprint density at radius 3 is 1.87 bits per heavy atom. The van der Waals surface area contributed by atoms with Crippen molar-refractivity contribution in [1.29, 1.82) is 0 Å². The maximum absolute atomic E-state index is 13.7. The number of ketones is 2. The summed E-state index contributed by atoms with van der Waals surface area (Å²) in [6.07, 6.45) is 1.54. The number of hydrogen-bond donors (Lipinski definition) is 0. The minimum absolute atomic E-state index is 0.226. The van der Waals surface area contributed by atoms with E-state index in [0.717, 1.165) is 17.7 Å². The molecule has 2 aromatic rings. The van der Waals surface area contributed by atoms with Crippen LogP contribution in [0.3, 0.4) is 0 Å². The normalized spacial score (nSPS) is 26.8. The van der Waals surface area contributed by atoms with Gasteiger partial charge in [-0.25, -0.2) is 8.78 Å². The number of aryl methyl sites for hydroxylation is 1. The zero-order valence-electron chi connectivity index (χ0n) is 18.1. The van der Waals surface area contributed by atoms with Crippen LogP contribution < -0.4 is 0 Å². The summed E-state index contributed by atoms with van der Waals surface area (Å²) in [5.74, 6) is -3.17. The molecule has 3 nitrogen and oxygen atoms in total. The van der Waals surface area contributed by atoms with Crippen molar-refractivity contribution in [2.75, 3.05) is 0 Å². The zero-order chi connectivity index (χ0) is 22.3. The van der Waals surface area contributed by atoms with Gasteiger partial charge in [-0.3, -0.25) is 9.59 Å². The minimum Gasteiger partial charge on any atom is -0.354 e. The molecule has 1 saturated heterocycles. The number of carbonyl (C=O) groups is 2. The highest BCUT2D eigenvalue weighted by Crippen LogP contribution is 2.43. The highest BCUT2D eigenvalue weighted by Gasteiger charge is 2.55. The summed E-state index contributed by atoms with van der Waals surface area (Å²) in [4.78, 5) is 26.7. The van der Waals surface area contributed by atoms with E-state index in [0.29, 0.717) is 36.0 Å². The Kier molecular flexibility index (Phi) is 5.96. The lowest BCUT2D eigenvalue weighted by atomic mass is 9.71. The molecule has 160 valence electrons. The van der Waals surface area contributed by atoms with E-state index in [2.05, 4.69) is 0 Å². The van der Waals surface area contributed by atoms with Gasteiger partial charge in [-0.15, -0.1) is 0 Å². The molecule has 1 fully saturated rings. The second kappa shape index (κ2) is 8.03. The van der Waals surface area contributed by atoms with E-state index in [1.54, 1.807) is 26.0 Å². The van der Waals surface area contributed by atoms with E-state index in [-0.39, 0.29) is 11.6 Å². The summed E-state index contributed by atoms with van der Waals surface area (Å²) < 4.78 is 33.0. The Labute approximate surface area is 176 Å². The molecule has 1 heterocycles. The van der Waals surface area contributed by atoms with Crippen molar-refractivity contribution in [3.05, 3.63) is 59.2 Å². The average molecular weight is 414 g/mol. The fourth-order valence-electron chi connectivity index (χ4n) is 4.15. The first-order valence-electron chi connectivity index (χ1n) is 10.5. The summed E-state index contributed by atoms with van der Waals surface area (Å²) in [7, 11) is 0. The van der Waals surface area contributed by atoms with Crippen molar-refractivity contribution in [2.45, 2.75) is 71.0 Å². The van der Waals surface area contributed by atoms with Crippen molar-refractivity contribution in [3.8, 4) is 11.1 Å². The molecule has 30 heavy (non-hydrogen) atoms. The highest BCUT2D eigenvalue weighted by molar-refractivity contribution is 6.15. The first-order chi connectivity index (χ1) is 14.1. The van der Waals surface area contributed by atoms with Crippen LogP contribution in [0.1, 0.15) is 64.5 Å². The predicted molar refractivity (Wildman–Crippen MR) is 112 cm³/mol. The fourth-order valence-corrected chi connectivity index (χ4v) is 4.15. The van der Waals surface area contributed by atoms with Gasteiger partial charge in [0.25, 0.3) is 0 Å². The SMILES string of the molecule is CCc1cc(-c2ccc(F)c(F)c2)ccc1C1C(=O)C(C)(CC)OC(C)(CC)C1=O. The van der Waals surface area contributed by atoms with E-state index >= 15 is 0 Å². The number of Topliss-reactive ketones (excluding diaryl/α,β-unsaturated/α-hetero) is 2. The maximum Gasteiger partial charge on any atom is 0.179 e. The molecule has 0 bridgehead atoms. The number of ether oxygens (including phenoxy) is 1. The number of carbonyl (C=O) groups excluding carboxylic acids is 2. The van der Waals surface area contributed by atoms with Crippen LogP contribution in [0.2, 0.25) is 0 Å². The van der Waals surface area contributed by atoms with E-state index in [1.165, 1.54) is 6.07 Å². The van der Waals surface area contributed by atoms with Gasteiger partial charge in [0.2, 0.25) is 0 Å². The first kappa shape index (κ1) is 22.3. The average Bonchev–Trinajstić information content (AvgIpc) is 2.74. The van der Waals surface area contributed by atoms with Crippen molar-refractivity contribution in [3.63, 3.8) is 0 Å². The second-order valence-electron chi connectivity index (χ2n) is 8.33. The molecule has 0 amide bonds. The Morgan fingerprint density at radius 2 is 1.37 bits per heavy atom. The summed E-state index contributed by atoms with van der Waals surface area (Å²) in [5, 5.41) is 0. The topological polar surface area (TPSA) is 43.4 Å². The molecular weight excluding hydrogens is 386 g/mol. The van der Waals surface area contributed by atoms with E-state index in [9.17, 15) is 18.4 Å². The molecule has 0 N–H and O–H groups in total. The molecule has 0 radical (unpaired) electrons. The summed E-state index contributed by atoms with van der Waals surface area (Å²) in [6, 6.07) is 9.13. The van der Waals surface area contributed by atoms with E-state index in [1.807, 2.05) is 26.8 Å². The largest absolute Gasteiger partial charge is 0.354 e. The Morgan fingerprint density at radius 1 is 0.833 bits per heavy atom. The van der Waals surface area contributed by atoms with Crippen LogP contribution >= 0.6 is 0 Å². The molecule has 0 aliphatic carbocycles. The van der Waals surface area contributed by atoms with Gasteiger partial charge in [0.1, 0.15) is 17.1 Å². The van der Waals surface area contributed by atoms with Crippen molar-refractivity contribution < 1.29 is 23.1 Å². The van der Waals surface area contributed by atoms with Crippen LogP contribution in [0, 0.1) is 11.6 Å². The molecule has 1 aliphatic heterocycles.